The third-order valence-corrected chi connectivity index (χ3v) is 12.2. The van der Waals surface area contributed by atoms with Gasteiger partial charge in [0.15, 0.2) is 23.1 Å². The smallest absolute Gasteiger partial charge is 0.233 e. The average Bonchev–Trinajstić information content (AvgIpc) is 3.42. The van der Waals surface area contributed by atoms with Gasteiger partial charge in [-0.2, -0.15) is 0 Å². The molecule has 1 aliphatic heterocycles. The van der Waals surface area contributed by atoms with Gasteiger partial charge in [0.05, 0.1) is 31.5 Å². The van der Waals surface area contributed by atoms with Gasteiger partial charge in [-0.15, -0.1) is 0 Å². The van der Waals surface area contributed by atoms with Gasteiger partial charge in [0.25, 0.3) is 0 Å². The number of benzene rings is 3. The van der Waals surface area contributed by atoms with Crippen molar-refractivity contribution in [1.29, 1.82) is 0 Å². The molecule has 3 aromatic rings. The predicted molar refractivity (Wildman–Crippen MR) is 187 cm³/mol. The molecule has 8 heteroatoms. The highest BCUT2D eigenvalue weighted by Crippen LogP contribution is 2.64. The number of nitrogens with zero attached hydrogens (tertiary/aromatic N) is 1. The zero-order chi connectivity index (χ0) is 34.7. The molecule has 3 aromatic carbocycles. The number of fused-ring (bicyclic) bond motifs is 4. The molecule has 50 heavy (non-hydrogen) atoms. The number of amides is 2. The summed E-state index contributed by atoms with van der Waals surface area (Å²) in [5.41, 5.74) is 1.82. The summed E-state index contributed by atoms with van der Waals surface area (Å²) in [5, 5.41) is 11.0. The van der Waals surface area contributed by atoms with Crippen LogP contribution < -0.4 is 9.47 Å². The van der Waals surface area contributed by atoms with Crippen molar-refractivity contribution in [3.8, 4) is 17.2 Å². The number of ether oxygens (including phenoxy) is 2. The van der Waals surface area contributed by atoms with E-state index < -0.39 is 35.0 Å². The van der Waals surface area contributed by atoms with E-state index in [9.17, 15) is 14.7 Å². The molecule has 0 unspecified atom stereocenters. The first-order valence-corrected chi connectivity index (χ1v) is 17.7. The van der Waals surface area contributed by atoms with E-state index in [4.69, 9.17) is 9.47 Å². The Morgan fingerprint density at radius 2 is 1.44 bits per heavy atom. The Labute approximate surface area is 291 Å². The minimum Gasteiger partial charge on any atom is -0.502 e. The van der Waals surface area contributed by atoms with Gasteiger partial charge in [-0.05, 0) is 66.5 Å². The van der Waals surface area contributed by atoms with Crippen LogP contribution in [0.4, 0.5) is 0 Å². The van der Waals surface area contributed by atoms with Crippen LogP contribution >= 0.6 is 0 Å². The van der Waals surface area contributed by atoms with Gasteiger partial charge >= 0.3 is 0 Å². The number of rotatable bonds is 6. The summed E-state index contributed by atoms with van der Waals surface area (Å²) in [6.07, 6.45) is 8.90. The monoisotopic (exact) mass is 671 g/mol. The normalized spacial score (nSPS) is 29.5. The van der Waals surface area contributed by atoms with Crippen LogP contribution in [0.1, 0.15) is 67.6 Å². The van der Waals surface area contributed by atoms with E-state index in [2.05, 4.69) is 6.08 Å². The van der Waals surface area contributed by atoms with Crippen LogP contribution in [-0.2, 0) is 24.6 Å². The Morgan fingerprint density at radius 1 is 0.800 bits per heavy atom. The highest BCUT2D eigenvalue weighted by molar-refractivity contribution is 6.31. The largest absolute Gasteiger partial charge is 0.502 e. The third-order valence-electron chi connectivity index (χ3n) is 12.2. The van der Waals surface area contributed by atoms with Crippen molar-refractivity contribution >= 4 is 29.0 Å². The van der Waals surface area contributed by atoms with Crippen LogP contribution in [0.15, 0.2) is 90.5 Å². The molecule has 3 fully saturated rings. The molecule has 2 amide bonds. The number of Topliss-reactive ketones (excluding diaryl/α,β-unsaturated/α-hetero) is 1. The van der Waals surface area contributed by atoms with Crippen molar-refractivity contribution < 1.29 is 33.8 Å². The SMILES string of the molecule is COc1cc([C@H]2C3=CC[C@@H]4C(=O)N(C5CCCCC5)C(=O)[C@@H]4[C@@H]3C[C@H]3C(=O)C(c4ccccc4)=CC(=O)[C@@]23c2ccccc2)cc(OC)c1O. The molecule has 0 radical (unpaired) electrons. The Balaban J connectivity index is 1.37. The lowest BCUT2D eigenvalue weighted by atomic mass is 9.44. The van der Waals surface area contributed by atoms with Gasteiger partial charge in [0, 0.05) is 23.5 Å². The Morgan fingerprint density at radius 3 is 2.08 bits per heavy atom. The number of imide groups is 1. The van der Waals surface area contributed by atoms with Crippen LogP contribution in [0, 0.1) is 23.7 Å². The minimum absolute atomic E-state index is 0.100. The Hall–Kier alpha value is -4.98. The van der Waals surface area contributed by atoms with Gasteiger partial charge in [-0.3, -0.25) is 24.1 Å². The molecule has 0 aromatic heterocycles. The maximum absolute atomic E-state index is 15.2. The first kappa shape index (κ1) is 32.2. The molecule has 4 aliphatic carbocycles. The molecular weight excluding hydrogens is 630 g/mol. The van der Waals surface area contributed by atoms with E-state index in [1.807, 2.05) is 60.7 Å². The van der Waals surface area contributed by atoms with Gasteiger partial charge in [-0.25, -0.2) is 0 Å². The summed E-state index contributed by atoms with van der Waals surface area (Å²) >= 11 is 0. The summed E-state index contributed by atoms with van der Waals surface area (Å²) in [6.45, 7) is 0. The van der Waals surface area contributed by atoms with Crippen LogP contribution in [0.3, 0.4) is 0 Å². The van der Waals surface area contributed by atoms with Crippen LogP contribution in [0.25, 0.3) is 5.57 Å². The van der Waals surface area contributed by atoms with Crippen molar-refractivity contribution in [2.45, 2.75) is 62.3 Å². The first-order chi connectivity index (χ1) is 24.3. The van der Waals surface area contributed by atoms with E-state index >= 15 is 9.59 Å². The first-order valence-electron chi connectivity index (χ1n) is 17.7. The van der Waals surface area contributed by atoms with Gasteiger partial charge in [0.2, 0.25) is 17.6 Å². The number of carbonyl (C=O) groups is 4. The second-order valence-electron chi connectivity index (χ2n) is 14.4. The maximum atomic E-state index is 15.2. The zero-order valence-corrected chi connectivity index (χ0v) is 28.3. The fourth-order valence-corrected chi connectivity index (χ4v) is 10.1. The number of phenolic OH excluding ortho intramolecular Hbond substituents is 1. The fourth-order valence-electron chi connectivity index (χ4n) is 10.1. The molecule has 8 nitrogen and oxygen atoms in total. The molecule has 5 aliphatic rings. The van der Waals surface area contributed by atoms with Crippen LogP contribution in [0.2, 0.25) is 0 Å². The summed E-state index contributed by atoms with van der Waals surface area (Å²) in [7, 11) is 2.91. The summed E-state index contributed by atoms with van der Waals surface area (Å²) in [6, 6.07) is 22.0. The Bertz CT molecular complexity index is 1920. The molecule has 0 spiro atoms. The highest BCUT2D eigenvalue weighted by atomic mass is 16.5. The van der Waals surface area contributed by atoms with Crippen molar-refractivity contribution in [3.05, 3.63) is 107 Å². The maximum Gasteiger partial charge on any atom is 0.233 e. The van der Waals surface area contributed by atoms with Crippen LogP contribution in [-0.4, -0.2) is 53.6 Å². The lowest BCUT2D eigenvalue weighted by Gasteiger charge is -2.55. The molecule has 6 atom stereocenters. The molecule has 1 saturated heterocycles. The molecule has 256 valence electrons. The number of carbonyl (C=O) groups excluding carboxylic acids is 4. The molecule has 0 bridgehead atoms. The second kappa shape index (κ2) is 12.4. The number of phenols is 1. The minimum atomic E-state index is -1.38. The van der Waals surface area contributed by atoms with E-state index in [0.29, 0.717) is 28.7 Å². The molecule has 8 rings (SSSR count). The summed E-state index contributed by atoms with van der Waals surface area (Å²) < 4.78 is 11.2. The summed E-state index contributed by atoms with van der Waals surface area (Å²) in [4.78, 5) is 60.5. The number of hydrogen-bond donors (Lipinski definition) is 1. The number of allylic oxidation sites excluding steroid dienone is 4. The fraction of sp³-hybridized carbons (Fsp3) is 0.381. The average molecular weight is 672 g/mol. The number of hydrogen-bond acceptors (Lipinski definition) is 7. The lowest BCUT2D eigenvalue weighted by Crippen LogP contribution is -2.58. The quantitative estimate of drug-likeness (QED) is 0.233. The van der Waals surface area contributed by atoms with Gasteiger partial charge < -0.3 is 14.6 Å². The number of likely N-dealkylation sites (tertiary alicyclic amines) is 1. The Kier molecular flexibility index (Phi) is 8.00. The van der Waals surface area contributed by atoms with Crippen molar-refractivity contribution in [1.82, 2.24) is 4.90 Å². The molecule has 2 saturated carbocycles. The zero-order valence-electron chi connectivity index (χ0n) is 28.3. The molecular formula is C42H41NO7. The third kappa shape index (κ3) is 4.63. The van der Waals surface area contributed by atoms with Crippen molar-refractivity contribution in [2.75, 3.05) is 14.2 Å². The van der Waals surface area contributed by atoms with Gasteiger partial charge in [0.1, 0.15) is 0 Å². The van der Waals surface area contributed by atoms with E-state index in [-0.39, 0.29) is 53.1 Å². The topological polar surface area (TPSA) is 110 Å². The van der Waals surface area contributed by atoms with E-state index in [1.165, 1.54) is 20.3 Å². The van der Waals surface area contributed by atoms with Gasteiger partial charge in [-0.1, -0.05) is 91.6 Å². The molecule has 1 heterocycles. The predicted octanol–water partition coefficient (Wildman–Crippen LogP) is 6.57. The lowest BCUT2D eigenvalue weighted by molar-refractivity contribution is -0.144. The van der Waals surface area contributed by atoms with Crippen molar-refractivity contribution in [3.63, 3.8) is 0 Å². The number of aromatic hydroxyl groups is 1. The molecule has 1 N–H and O–H groups in total. The van der Waals surface area contributed by atoms with Crippen LogP contribution in [0.5, 0.6) is 17.2 Å². The van der Waals surface area contributed by atoms with Crippen molar-refractivity contribution in [2.24, 2.45) is 23.7 Å². The van der Waals surface area contributed by atoms with E-state index in [1.54, 1.807) is 17.0 Å². The number of ketones is 2. The highest BCUT2D eigenvalue weighted by Gasteiger charge is 2.66. The standard InChI is InChI=1S/C42H41NO7/c1-49-33-20-25(21-34(50-2)39(33)46)37-28-18-19-29-36(41(48)43(40(29)47)27-16-10-5-11-17-27)31(28)22-32-38(45)30(24-12-6-3-7-13-24)23-35(44)42(32,37)26-14-8-4-9-15-26/h3-4,6-9,12-15,18,20-21,23,27,29,31-32,36-37,46H,5,10-11,16-17,19,22H2,1-2H3/t29-,31+,32-,36-,37-,42-/m0/s1. The van der Waals surface area contributed by atoms with E-state index in [0.717, 1.165) is 37.7 Å². The summed E-state index contributed by atoms with van der Waals surface area (Å²) in [5.74, 6) is -3.63. The number of methoxy groups -OCH3 is 2. The second-order valence-corrected chi connectivity index (χ2v) is 14.4.